The van der Waals surface area contributed by atoms with Crippen LogP contribution in [0, 0.1) is 5.41 Å². The Labute approximate surface area is 47.5 Å². The summed E-state index contributed by atoms with van der Waals surface area (Å²) in [6, 6.07) is 0. The predicted octanol–water partition coefficient (Wildman–Crippen LogP) is 0.717. The molecule has 40 valence electrons. The Bertz CT molecular complexity index is 87.7. The monoisotopic (exact) mass is 118 g/mol. The van der Waals surface area contributed by atoms with Crippen LogP contribution in [0.2, 0.25) is 0 Å². The maximum Gasteiger partial charge on any atom is 0.0620 e. The Morgan fingerprint density at radius 2 is 2.43 bits per heavy atom. The Morgan fingerprint density at radius 1 is 1.86 bits per heavy atom. The summed E-state index contributed by atoms with van der Waals surface area (Å²) >= 11 is 5.23. The molecule has 0 spiro atoms. The number of hydrogen-bond acceptors (Lipinski definition) is 2. The number of allylic oxidation sites excluding steroid dienone is 2. The van der Waals surface area contributed by atoms with Crippen molar-refractivity contribution in [3.8, 4) is 0 Å². The zero-order valence-electron chi connectivity index (χ0n) is 3.82. The topological polar surface area (TPSA) is 49.9 Å². The quantitative estimate of drug-likeness (QED) is 0.407. The number of rotatable bonds is 2. The molecule has 0 atom stereocenters. The number of alkyl halides is 1. The van der Waals surface area contributed by atoms with Gasteiger partial charge < -0.3 is 11.1 Å². The molecule has 2 nitrogen and oxygen atoms in total. The second-order valence-electron chi connectivity index (χ2n) is 1.04. The first kappa shape index (κ1) is 6.50. The smallest absolute Gasteiger partial charge is 0.0620 e. The SMILES string of the molecule is N=C/C=C(\N)CCl. The third-order valence-corrected chi connectivity index (χ3v) is 0.760. The van der Waals surface area contributed by atoms with Crippen LogP contribution in [0.25, 0.3) is 0 Å². The largest absolute Gasteiger partial charge is 0.401 e. The predicted molar refractivity (Wildman–Crippen MR) is 31.8 cm³/mol. The molecule has 7 heavy (non-hydrogen) atoms. The zero-order valence-corrected chi connectivity index (χ0v) is 4.57. The minimum atomic E-state index is 0.301. The average molecular weight is 119 g/mol. The fourth-order valence-electron chi connectivity index (χ4n) is 0.152. The molecule has 0 aliphatic carbocycles. The summed E-state index contributed by atoms with van der Waals surface area (Å²) in [5, 5.41) is 6.50. The van der Waals surface area contributed by atoms with E-state index in [0.717, 1.165) is 6.21 Å². The van der Waals surface area contributed by atoms with Gasteiger partial charge in [-0.05, 0) is 6.08 Å². The third-order valence-electron chi connectivity index (χ3n) is 0.452. The van der Waals surface area contributed by atoms with Gasteiger partial charge in [0, 0.05) is 11.9 Å². The highest BCUT2D eigenvalue weighted by Gasteiger charge is 1.77. The molecule has 3 N–H and O–H groups in total. The third kappa shape index (κ3) is 3.33. The van der Waals surface area contributed by atoms with Gasteiger partial charge in [-0.3, -0.25) is 0 Å². The van der Waals surface area contributed by atoms with Crippen LogP contribution in [0.3, 0.4) is 0 Å². The molecule has 0 aromatic heterocycles. The molecule has 0 saturated heterocycles. The van der Waals surface area contributed by atoms with Crippen molar-refractivity contribution < 1.29 is 0 Å². The van der Waals surface area contributed by atoms with E-state index in [4.69, 9.17) is 22.7 Å². The Hall–Kier alpha value is -0.500. The molecule has 0 radical (unpaired) electrons. The van der Waals surface area contributed by atoms with Gasteiger partial charge in [0.15, 0.2) is 0 Å². The second-order valence-corrected chi connectivity index (χ2v) is 1.31. The molecule has 0 saturated carbocycles. The van der Waals surface area contributed by atoms with Crippen molar-refractivity contribution in [2.24, 2.45) is 5.73 Å². The number of nitrogens with one attached hydrogen (secondary N) is 1. The van der Waals surface area contributed by atoms with Gasteiger partial charge in [0.2, 0.25) is 0 Å². The van der Waals surface area contributed by atoms with E-state index < -0.39 is 0 Å². The maximum atomic E-state index is 6.50. The molecule has 0 rings (SSSR count). The van der Waals surface area contributed by atoms with Gasteiger partial charge in [-0.15, -0.1) is 11.6 Å². The highest BCUT2D eigenvalue weighted by atomic mass is 35.5. The van der Waals surface area contributed by atoms with E-state index >= 15 is 0 Å². The van der Waals surface area contributed by atoms with Crippen LogP contribution < -0.4 is 5.73 Å². The normalized spacial score (nSPS) is 11.3. The fraction of sp³-hybridized carbons (Fsp3) is 0.250. The van der Waals surface area contributed by atoms with Crippen LogP contribution in [0.15, 0.2) is 11.8 Å². The van der Waals surface area contributed by atoms with E-state index in [2.05, 4.69) is 0 Å². The first-order chi connectivity index (χ1) is 3.31. The average Bonchev–Trinajstić information content (AvgIpc) is 1.68. The lowest BCUT2D eigenvalue weighted by atomic mass is 10.5. The van der Waals surface area contributed by atoms with Crippen LogP contribution >= 0.6 is 11.6 Å². The van der Waals surface area contributed by atoms with Crippen LogP contribution in [0.4, 0.5) is 0 Å². The van der Waals surface area contributed by atoms with Gasteiger partial charge in [0.1, 0.15) is 0 Å². The summed E-state index contributed by atoms with van der Waals surface area (Å²) in [7, 11) is 0. The van der Waals surface area contributed by atoms with Crippen LogP contribution in [0.1, 0.15) is 0 Å². The summed E-state index contributed by atoms with van der Waals surface area (Å²) in [4.78, 5) is 0. The van der Waals surface area contributed by atoms with E-state index in [1.807, 2.05) is 0 Å². The van der Waals surface area contributed by atoms with Crippen molar-refractivity contribution in [1.82, 2.24) is 0 Å². The Morgan fingerprint density at radius 3 is 2.57 bits per heavy atom. The first-order valence-corrected chi connectivity index (χ1v) is 2.35. The molecule has 0 heterocycles. The summed E-state index contributed by atoms with van der Waals surface area (Å²) in [6.07, 6.45) is 2.56. The highest BCUT2D eigenvalue weighted by molar-refractivity contribution is 6.19. The van der Waals surface area contributed by atoms with Gasteiger partial charge in [-0.2, -0.15) is 0 Å². The van der Waals surface area contributed by atoms with Crippen molar-refractivity contribution in [3.05, 3.63) is 11.8 Å². The summed E-state index contributed by atoms with van der Waals surface area (Å²) in [5.74, 6) is 0.301. The molecule has 0 amide bonds. The van der Waals surface area contributed by atoms with Gasteiger partial charge >= 0.3 is 0 Å². The van der Waals surface area contributed by atoms with Gasteiger partial charge in [0.25, 0.3) is 0 Å². The van der Waals surface area contributed by atoms with Crippen LogP contribution in [-0.4, -0.2) is 12.1 Å². The molecule has 0 bridgehead atoms. The van der Waals surface area contributed by atoms with Crippen molar-refractivity contribution in [2.75, 3.05) is 5.88 Å². The number of hydrogen-bond donors (Lipinski definition) is 2. The molecule has 0 unspecified atom stereocenters. The number of nitrogens with two attached hydrogens (primary N) is 1. The Balaban J connectivity index is 3.49. The highest BCUT2D eigenvalue weighted by Crippen LogP contribution is 1.83. The van der Waals surface area contributed by atoms with Crippen LogP contribution in [0.5, 0.6) is 0 Å². The molecular formula is C4H7ClN2. The minimum Gasteiger partial charge on any atom is -0.401 e. The molecule has 0 aliphatic rings. The second kappa shape index (κ2) is 3.68. The van der Waals surface area contributed by atoms with Crippen molar-refractivity contribution >= 4 is 17.8 Å². The summed E-state index contributed by atoms with van der Waals surface area (Å²) in [5.41, 5.74) is 5.69. The molecule has 0 aromatic carbocycles. The number of halogens is 1. The van der Waals surface area contributed by atoms with Crippen molar-refractivity contribution in [1.29, 1.82) is 5.41 Å². The lowest BCUT2D eigenvalue weighted by Gasteiger charge is -1.85. The van der Waals surface area contributed by atoms with Crippen LogP contribution in [-0.2, 0) is 0 Å². The summed E-state index contributed by atoms with van der Waals surface area (Å²) < 4.78 is 0. The van der Waals surface area contributed by atoms with Gasteiger partial charge in [0.05, 0.1) is 5.88 Å². The molecule has 0 aromatic rings. The minimum absolute atomic E-state index is 0.301. The standard InChI is InChI=1S/C4H7ClN2/c5-3-4(7)1-2-6/h1-2,6H,3,7H2/b4-1-,6-2?. The lowest BCUT2D eigenvalue weighted by Crippen LogP contribution is -1.97. The molecule has 0 fully saturated rings. The van der Waals surface area contributed by atoms with E-state index in [0.29, 0.717) is 11.6 Å². The Kier molecular flexibility index (Phi) is 3.42. The van der Waals surface area contributed by atoms with Crippen molar-refractivity contribution in [2.45, 2.75) is 0 Å². The summed E-state index contributed by atoms with van der Waals surface area (Å²) in [6.45, 7) is 0. The van der Waals surface area contributed by atoms with E-state index in [1.165, 1.54) is 6.08 Å². The van der Waals surface area contributed by atoms with Gasteiger partial charge in [-0.1, -0.05) is 0 Å². The molecular weight excluding hydrogens is 112 g/mol. The molecule has 0 aliphatic heterocycles. The fourth-order valence-corrected chi connectivity index (χ4v) is 0.241. The van der Waals surface area contributed by atoms with E-state index in [9.17, 15) is 0 Å². The van der Waals surface area contributed by atoms with Crippen molar-refractivity contribution in [3.63, 3.8) is 0 Å². The zero-order chi connectivity index (χ0) is 5.70. The van der Waals surface area contributed by atoms with E-state index in [1.54, 1.807) is 0 Å². The molecule has 3 heteroatoms. The first-order valence-electron chi connectivity index (χ1n) is 1.82. The van der Waals surface area contributed by atoms with E-state index in [-0.39, 0.29) is 0 Å². The maximum absolute atomic E-state index is 6.50. The lowest BCUT2D eigenvalue weighted by molar-refractivity contribution is 1.33. The van der Waals surface area contributed by atoms with Gasteiger partial charge in [-0.25, -0.2) is 0 Å².